The zero-order chi connectivity index (χ0) is 26.6. The largest absolute Gasteiger partial charge is 0.337 e. The molecule has 196 valence electrons. The number of H-pyrrole nitrogens is 2. The Kier molecular flexibility index (Phi) is 7.15. The third kappa shape index (κ3) is 5.18. The van der Waals surface area contributed by atoms with Crippen molar-refractivity contribution in [3.8, 4) is 22.6 Å². The Morgan fingerprint density at radius 2 is 2.00 bits per heavy atom. The van der Waals surface area contributed by atoms with Crippen molar-refractivity contribution in [1.82, 2.24) is 35.0 Å². The van der Waals surface area contributed by atoms with Crippen LogP contribution in [0.2, 0.25) is 0 Å². The highest BCUT2D eigenvalue weighted by Gasteiger charge is 2.17. The fourth-order valence-corrected chi connectivity index (χ4v) is 5.41. The highest BCUT2D eigenvalue weighted by atomic mass is 15.1. The Hall–Kier alpha value is -4.36. The van der Waals surface area contributed by atoms with Crippen molar-refractivity contribution in [2.24, 2.45) is 0 Å². The van der Waals surface area contributed by atoms with Crippen LogP contribution in [0, 0.1) is 0 Å². The van der Waals surface area contributed by atoms with E-state index in [1.807, 2.05) is 42.7 Å². The maximum Gasteiger partial charge on any atom is 0.159 e. The van der Waals surface area contributed by atoms with Gasteiger partial charge in [-0.05, 0) is 87.7 Å². The number of para-hydroxylation sites is 1. The van der Waals surface area contributed by atoms with Gasteiger partial charge in [0.25, 0.3) is 0 Å². The number of pyridine rings is 2. The number of likely N-dealkylation sites (tertiary alicyclic amines) is 1. The van der Waals surface area contributed by atoms with Crippen molar-refractivity contribution in [2.75, 3.05) is 19.6 Å². The summed E-state index contributed by atoms with van der Waals surface area (Å²) in [7, 11) is 0. The number of fused-ring (bicyclic) bond motifs is 2. The molecule has 1 aliphatic rings. The first-order chi connectivity index (χ1) is 19.2. The van der Waals surface area contributed by atoms with Crippen LogP contribution in [0.4, 0.5) is 0 Å². The summed E-state index contributed by atoms with van der Waals surface area (Å²) in [4.78, 5) is 20.0. The number of benzene rings is 1. The molecule has 7 nitrogen and oxygen atoms in total. The summed E-state index contributed by atoms with van der Waals surface area (Å²) < 4.78 is 0. The van der Waals surface area contributed by atoms with E-state index >= 15 is 0 Å². The normalized spacial score (nSPS) is 15.0. The second-order valence-electron chi connectivity index (χ2n) is 10.0. The average Bonchev–Trinajstić information content (AvgIpc) is 3.74. The highest BCUT2D eigenvalue weighted by molar-refractivity contribution is 5.97. The molecule has 6 rings (SSSR count). The van der Waals surface area contributed by atoms with E-state index in [-0.39, 0.29) is 0 Å². The van der Waals surface area contributed by atoms with Crippen LogP contribution < -0.4 is 0 Å². The second kappa shape index (κ2) is 11.2. The lowest BCUT2D eigenvalue weighted by Crippen LogP contribution is -2.20. The van der Waals surface area contributed by atoms with Crippen molar-refractivity contribution in [3.05, 3.63) is 91.1 Å². The van der Waals surface area contributed by atoms with Crippen LogP contribution in [-0.2, 0) is 0 Å². The van der Waals surface area contributed by atoms with Gasteiger partial charge >= 0.3 is 0 Å². The summed E-state index contributed by atoms with van der Waals surface area (Å²) in [5.41, 5.74) is 8.77. The van der Waals surface area contributed by atoms with E-state index in [1.165, 1.54) is 31.5 Å². The minimum atomic E-state index is 0.719. The molecule has 0 unspecified atom stereocenters. The van der Waals surface area contributed by atoms with Crippen LogP contribution in [0.1, 0.15) is 38.3 Å². The Morgan fingerprint density at radius 1 is 1.10 bits per heavy atom. The van der Waals surface area contributed by atoms with Crippen molar-refractivity contribution in [3.63, 3.8) is 0 Å². The number of nitrogens with zero attached hydrogens (tertiary/aromatic N) is 5. The standard InChI is InChI=1S/C32H33N7/c1-3-22(10-9-17-39-15-5-6-16-39)18-23(4-2)28-19-26-29(21-34-28)37-38-31(26)32-35-27-13-7-12-25(30(27)36-32)24-11-8-14-33-20-24/h3-4,7-8,11-14,18-21H,1,5-6,9-10,15-17H2,2H3,(H,35,36)(H,37,38)/b22-18+,23-4+. The maximum atomic E-state index is 4.97. The zero-order valence-electron chi connectivity index (χ0n) is 22.3. The van der Waals surface area contributed by atoms with Crippen molar-refractivity contribution in [1.29, 1.82) is 0 Å². The van der Waals surface area contributed by atoms with E-state index in [0.29, 0.717) is 0 Å². The lowest BCUT2D eigenvalue weighted by atomic mass is 10.0. The third-order valence-electron chi connectivity index (χ3n) is 7.51. The molecule has 0 spiro atoms. The molecule has 0 aliphatic carbocycles. The van der Waals surface area contributed by atoms with Crippen LogP contribution in [-0.4, -0.2) is 54.7 Å². The summed E-state index contributed by atoms with van der Waals surface area (Å²) in [5, 5.41) is 8.72. The maximum absolute atomic E-state index is 4.97. The summed E-state index contributed by atoms with van der Waals surface area (Å²) in [6.45, 7) is 9.75. The number of aromatic nitrogens is 6. The molecule has 5 aromatic rings. The van der Waals surface area contributed by atoms with Gasteiger partial charge in [-0.15, -0.1) is 0 Å². The number of rotatable bonds is 9. The Bertz CT molecular complexity index is 1670. The average molecular weight is 516 g/mol. The van der Waals surface area contributed by atoms with Gasteiger partial charge in [0.15, 0.2) is 5.82 Å². The van der Waals surface area contributed by atoms with E-state index < -0.39 is 0 Å². The second-order valence-corrected chi connectivity index (χ2v) is 10.0. The topological polar surface area (TPSA) is 86.4 Å². The van der Waals surface area contributed by atoms with Crippen LogP contribution >= 0.6 is 0 Å². The number of hydrogen-bond acceptors (Lipinski definition) is 5. The van der Waals surface area contributed by atoms with Crippen molar-refractivity contribution >= 4 is 27.5 Å². The molecule has 2 N–H and O–H groups in total. The minimum absolute atomic E-state index is 0.719. The van der Waals surface area contributed by atoms with Gasteiger partial charge in [-0.3, -0.25) is 15.1 Å². The summed E-state index contributed by atoms with van der Waals surface area (Å²) in [6, 6.07) is 12.2. The summed E-state index contributed by atoms with van der Waals surface area (Å²) in [5.74, 6) is 0.719. The molecule has 1 aromatic carbocycles. The zero-order valence-corrected chi connectivity index (χ0v) is 22.3. The number of nitrogens with one attached hydrogen (secondary N) is 2. The molecular weight excluding hydrogens is 482 g/mol. The molecule has 1 saturated heterocycles. The van der Waals surface area contributed by atoms with E-state index in [4.69, 9.17) is 9.97 Å². The molecule has 4 aromatic heterocycles. The molecule has 0 amide bonds. The Labute approximate surface area is 228 Å². The third-order valence-corrected chi connectivity index (χ3v) is 7.51. The number of aromatic amines is 2. The highest BCUT2D eigenvalue weighted by Crippen LogP contribution is 2.32. The molecule has 5 heterocycles. The fraction of sp³-hybridized carbons (Fsp3) is 0.250. The molecule has 1 aliphatic heterocycles. The minimum Gasteiger partial charge on any atom is -0.337 e. The number of imidazole rings is 1. The molecule has 7 heteroatoms. The predicted octanol–water partition coefficient (Wildman–Crippen LogP) is 6.95. The van der Waals surface area contributed by atoms with Crippen molar-refractivity contribution in [2.45, 2.75) is 32.6 Å². The fourth-order valence-electron chi connectivity index (χ4n) is 5.41. The van der Waals surface area contributed by atoms with Crippen molar-refractivity contribution < 1.29 is 0 Å². The molecule has 0 radical (unpaired) electrons. The van der Waals surface area contributed by atoms with Gasteiger partial charge in [0.05, 0.1) is 28.4 Å². The number of allylic oxidation sites excluding steroid dienone is 5. The first kappa shape index (κ1) is 24.9. The van der Waals surface area contributed by atoms with Crippen LogP contribution in [0.5, 0.6) is 0 Å². The van der Waals surface area contributed by atoms with E-state index in [1.54, 1.807) is 6.20 Å². The lowest BCUT2D eigenvalue weighted by molar-refractivity contribution is 0.334. The lowest BCUT2D eigenvalue weighted by Gasteiger charge is -2.14. The summed E-state index contributed by atoms with van der Waals surface area (Å²) >= 11 is 0. The van der Waals surface area contributed by atoms with Gasteiger partial charge in [0.1, 0.15) is 5.69 Å². The first-order valence-electron chi connectivity index (χ1n) is 13.7. The molecule has 0 saturated carbocycles. The van der Waals surface area contributed by atoms with Gasteiger partial charge in [-0.25, -0.2) is 4.98 Å². The SMILES string of the molecule is C=C/C(=C\C(=C/C)c1cc2c(-c3nc4c(-c5cccnc5)cccc4[nH]3)n[nH]c2cn1)CCCN1CCCC1. The molecule has 0 bridgehead atoms. The van der Waals surface area contributed by atoms with Crippen LogP contribution in [0.3, 0.4) is 0 Å². The van der Waals surface area contributed by atoms with Gasteiger partial charge in [-0.2, -0.15) is 5.10 Å². The van der Waals surface area contributed by atoms with Gasteiger partial charge in [-0.1, -0.05) is 36.9 Å². The van der Waals surface area contributed by atoms with Gasteiger partial charge < -0.3 is 9.88 Å². The van der Waals surface area contributed by atoms with E-state index in [2.05, 4.69) is 62.9 Å². The van der Waals surface area contributed by atoms with E-state index in [0.717, 1.165) is 75.2 Å². The molecular formula is C32H33N7. The van der Waals surface area contributed by atoms with Gasteiger partial charge in [0.2, 0.25) is 0 Å². The van der Waals surface area contributed by atoms with E-state index in [9.17, 15) is 0 Å². The quantitative estimate of drug-likeness (QED) is 0.207. The Morgan fingerprint density at radius 3 is 2.79 bits per heavy atom. The van der Waals surface area contributed by atoms with Crippen LogP contribution in [0.25, 0.3) is 50.2 Å². The molecule has 1 fully saturated rings. The first-order valence-corrected chi connectivity index (χ1v) is 13.7. The molecule has 0 atom stereocenters. The summed E-state index contributed by atoms with van der Waals surface area (Å²) in [6.07, 6.45) is 16.6. The Balaban J connectivity index is 1.30. The van der Waals surface area contributed by atoms with Crippen LogP contribution in [0.15, 0.2) is 85.4 Å². The van der Waals surface area contributed by atoms with Gasteiger partial charge in [0, 0.05) is 28.9 Å². The smallest absolute Gasteiger partial charge is 0.159 e. The number of hydrogen-bond donors (Lipinski definition) is 2. The molecule has 39 heavy (non-hydrogen) atoms. The predicted molar refractivity (Wildman–Crippen MR) is 159 cm³/mol. The monoisotopic (exact) mass is 515 g/mol.